The van der Waals surface area contributed by atoms with Gasteiger partial charge in [-0.1, -0.05) is 30.3 Å². The minimum absolute atomic E-state index is 0.0197. The van der Waals surface area contributed by atoms with Crippen molar-refractivity contribution in [3.63, 3.8) is 0 Å². The third-order valence-electron chi connectivity index (χ3n) is 2.47. The van der Waals surface area contributed by atoms with Crippen LogP contribution in [0.4, 0.5) is 0 Å². The number of rotatable bonds is 3. The summed E-state index contributed by atoms with van der Waals surface area (Å²) in [5.41, 5.74) is 1.12. The van der Waals surface area contributed by atoms with E-state index in [4.69, 9.17) is 4.74 Å². The first-order valence-corrected chi connectivity index (χ1v) is 4.99. The molecule has 74 valence electrons. The molecule has 2 heteroatoms. The molecule has 1 saturated carbocycles. The van der Waals surface area contributed by atoms with Crippen LogP contribution in [0.1, 0.15) is 31.4 Å². The Morgan fingerprint density at radius 1 is 1.36 bits per heavy atom. The molecule has 1 aromatic carbocycles. The molecule has 1 atom stereocenters. The molecule has 0 heterocycles. The minimum Gasteiger partial charge on any atom is -0.457 e. The SMILES string of the molecule is CC(=O)O[C@@H](c1ccccc1)C1CC1. The molecule has 0 aromatic heterocycles. The summed E-state index contributed by atoms with van der Waals surface area (Å²) in [5, 5.41) is 0. The van der Waals surface area contributed by atoms with Gasteiger partial charge in [-0.15, -0.1) is 0 Å². The zero-order valence-corrected chi connectivity index (χ0v) is 8.27. The highest BCUT2D eigenvalue weighted by atomic mass is 16.5. The Bertz CT molecular complexity index is 314. The highest BCUT2D eigenvalue weighted by Crippen LogP contribution is 2.43. The van der Waals surface area contributed by atoms with Crippen molar-refractivity contribution in [1.29, 1.82) is 0 Å². The van der Waals surface area contributed by atoms with Gasteiger partial charge in [0.1, 0.15) is 6.10 Å². The van der Waals surface area contributed by atoms with Crippen LogP contribution in [-0.4, -0.2) is 5.97 Å². The Balaban J connectivity index is 2.14. The van der Waals surface area contributed by atoms with Gasteiger partial charge in [0.05, 0.1) is 0 Å². The topological polar surface area (TPSA) is 26.3 Å². The van der Waals surface area contributed by atoms with Crippen LogP contribution in [-0.2, 0) is 9.53 Å². The molecule has 14 heavy (non-hydrogen) atoms. The van der Waals surface area contributed by atoms with Crippen LogP contribution in [0.15, 0.2) is 30.3 Å². The van der Waals surface area contributed by atoms with Crippen molar-refractivity contribution >= 4 is 5.97 Å². The molecule has 2 nitrogen and oxygen atoms in total. The van der Waals surface area contributed by atoms with E-state index in [2.05, 4.69) is 0 Å². The maximum absolute atomic E-state index is 10.9. The lowest BCUT2D eigenvalue weighted by molar-refractivity contribution is -0.147. The van der Waals surface area contributed by atoms with E-state index >= 15 is 0 Å². The van der Waals surface area contributed by atoms with E-state index < -0.39 is 0 Å². The van der Waals surface area contributed by atoms with E-state index in [-0.39, 0.29) is 12.1 Å². The molecule has 0 amide bonds. The van der Waals surface area contributed by atoms with Gasteiger partial charge in [0.2, 0.25) is 0 Å². The van der Waals surface area contributed by atoms with Crippen LogP contribution in [0.2, 0.25) is 0 Å². The fourth-order valence-corrected chi connectivity index (χ4v) is 1.66. The summed E-state index contributed by atoms with van der Waals surface area (Å²) in [7, 11) is 0. The van der Waals surface area contributed by atoms with Crippen molar-refractivity contribution in [2.45, 2.75) is 25.9 Å². The van der Waals surface area contributed by atoms with E-state index in [1.54, 1.807) is 0 Å². The second-order valence-electron chi connectivity index (χ2n) is 3.78. The lowest BCUT2D eigenvalue weighted by Crippen LogP contribution is -2.10. The molecule has 1 aliphatic rings. The molecule has 0 radical (unpaired) electrons. The molecule has 1 aliphatic carbocycles. The summed E-state index contributed by atoms with van der Waals surface area (Å²) in [5.74, 6) is 0.354. The molecule has 0 unspecified atom stereocenters. The molecule has 1 fully saturated rings. The molecule has 0 N–H and O–H groups in total. The zero-order valence-electron chi connectivity index (χ0n) is 8.27. The number of ether oxygens (including phenoxy) is 1. The van der Waals surface area contributed by atoms with Gasteiger partial charge >= 0.3 is 5.97 Å². The average molecular weight is 190 g/mol. The first-order chi connectivity index (χ1) is 6.77. The largest absolute Gasteiger partial charge is 0.457 e. The molecule has 0 saturated heterocycles. The lowest BCUT2D eigenvalue weighted by Gasteiger charge is -2.16. The molecular weight excluding hydrogens is 176 g/mol. The molecule has 0 bridgehead atoms. The van der Waals surface area contributed by atoms with Crippen LogP contribution in [0.25, 0.3) is 0 Å². The van der Waals surface area contributed by atoms with Gasteiger partial charge < -0.3 is 4.74 Å². The monoisotopic (exact) mass is 190 g/mol. The van der Waals surface area contributed by atoms with Gasteiger partial charge in [0, 0.05) is 12.8 Å². The fraction of sp³-hybridized carbons (Fsp3) is 0.417. The summed E-state index contributed by atoms with van der Waals surface area (Å²) in [6, 6.07) is 9.97. The Kier molecular flexibility index (Phi) is 2.53. The lowest BCUT2D eigenvalue weighted by atomic mass is 10.1. The first kappa shape index (κ1) is 9.25. The standard InChI is InChI=1S/C12H14O2/c1-9(13)14-12(11-7-8-11)10-5-3-2-4-6-10/h2-6,11-12H,7-8H2,1H3/t12-/m0/s1. The normalized spacial score (nSPS) is 17.5. The van der Waals surface area contributed by atoms with Crippen molar-refractivity contribution in [3.8, 4) is 0 Å². The summed E-state index contributed by atoms with van der Waals surface area (Å²) < 4.78 is 5.32. The van der Waals surface area contributed by atoms with Crippen LogP contribution in [0.5, 0.6) is 0 Å². The summed E-state index contributed by atoms with van der Waals surface area (Å²) in [4.78, 5) is 10.9. The van der Waals surface area contributed by atoms with Crippen molar-refractivity contribution in [2.24, 2.45) is 5.92 Å². The molecule has 0 aliphatic heterocycles. The first-order valence-electron chi connectivity index (χ1n) is 4.99. The van der Waals surface area contributed by atoms with Crippen LogP contribution >= 0.6 is 0 Å². The average Bonchev–Trinajstić information content (AvgIpc) is 2.99. The third kappa shape index (κ3) is 2.13. The number of hydrogen-bond acceptors (Lipinski definition) is 2. The van der Waals surface area contributed by atoms with E-state index in [9.17, 15) is 4.79 Å². The maximum atomic E-state index is 10.9. The number of carbonyl (C=O) groups excluding carboxylic acids is 1. The van der Waals surface area contributed by atoms with Crippen LogP contribution in [0, 0.1) is 5.92 Å². The van der Waals surface area contributed by atoms with Gasteiger partial charge in [-0.2, -0.15) is 0 Å². The van der Waals surface area contributed by atoms with Gasteiger partial charge in [-0.05, 0) is 18.4 Å². The van der Waals surface area contributed by atoms with Crippen molar-refractivity contribution in [3.05, 3.63) is 35.9 Å². The Labute approximate surface area is 83.9 Å². The van der Waals surface area contributed by atoms with Crippen LogP contribution < -0.4 is 0 Å². The number of carbonyl (C=O) groups is 1. The van der Waals surface area contributed by atoms with Crippen molar-refractivity contribution in [2.75, 3.05) is 0 Å². The molecule has 2 rings (SSSR count). The summed E-state index contributed by atoms with van der Waals surface area (Å²) in [6.45, 7) is 1.47. The van der Waals surface area contributed by atoms with Gasteiger partial charge in [-0.25, -0.2) is 0 Å². The highest BCUT2D eigenvalue weighted by Gasteiger charge is 2.34. The predicted molar refractivity (Wildman–Crippen MR) is 53.7 cm³/mol. The highest BCUT2D eigenvalue weighted by molar-refractivity contribution is 5.66. The summed E-state index contributed by atoms with van der Waals surface area (Å²) >= 11 is 0. The van der Waals surface area contributed by atoms with E-state index in [0.717, 1.165) is 5.56 Å². The van der Waals surface area contributed by atoms with E-state index in [0.29, 0.717) is 5.92 Å². The van der Waals surface area contributed by atoms with Gasteiger partial charge in [0.25, 0.3) is 0 Å². The van der Waals surface area contributed by atoms with E-state index in [1.807, 2.05) is 30.3 Å². The van der Waals surface area contributed by atoms with Crippen LogP contribution in [0.3, 0.4) is 0 Å². The summed E-state index contributed by atoms with van der Waals surface area (Å²) in [6.07, 6.45) is 2.33. The number of benzene rings is 1. The van der Waals surface area contributed by atoms with E-state index in [1.165, 1.54) is 19.8 Å². The quantitative estimate of drug-likeness (QED) is 0.685. The Morgan fingerprint density at radius 2 is 2.00 bits per heavy atom. The van der Waals surface area contributed by atoms with Gasteiger partial charge in [-0.3, -0.25) is 4.79 Å². The van der Waals surface area contributed by atoms with Crippen molar-refractivity contribution < 1.29 is 9.53 Å². The zero-order chi connectivity index (χ0) is 9.97. The second-order valence-corrected chi connectivity index (χ2v) is 3.78. The van der Waals surface area contributed by atoms with Crippen molar-refractivity contribution in [1.82, 2.24) is 0 Å². The molecule has 0 spiro atoms. The Hall–Kier alpha value is -1.31. The Morgan fingerprint density at radius 3 is 2.50 bits per heavy atom. The smallest absolute Gasteiger partial charge is 0.303 e. The third-order valence-corrected chi connectivity index (χ3v) is 2.47. The second kappa shape index (κ2) is 3.82. The fourth-order valence-electron chi connectivity index (χ4n) is 1.66. The number of esters is 1. The minimum atomic E-state index is -0.189. The maximum Gasteiger partial charge on any atom is 0.303 e. The molecule has 1 aromatic rings. The molecular formula is C12H14O2. The van der Waals surface area contributed by atoms with Gasteiger partial charge in [0.15, 0.2) is 0 Å². The number of hydrogen-bond donors (Lipinski definition) is 0. The predicted octanol–water partition coefficient (Wildman–Crippen LogP) is 2.70.